The predicted octanol–water partition coefficient (Wildman–Crippen LogP) is 0.430. The van der Waals surface area contributed by atoms with Crippen molar-refractivity contribution in [1.82, 2.24) is 10.3 Å². The first-order valence-corrected chi connectivity index (χ1v) is 5.72. The molecule has 0 atom stereocenters. The van der Waals surface area contributed by atoms with Crippen LogP contribution >= 0.6 is 0 Å². The van der Waals surface area contributed by atoms with E-state index in [-0.39, 0.29) is 17.4 Å². The SMILES string of the molecule is CC(C)(O)CCNC(=O)c1ccc(OC(N)=O)cn1. The van der Waals surface area contributed by atoms with Gasteiger partial charge in [-0.25, -0.2) is 9.78 Å². The molecule has 0 unspecified atom stereocenters. The van der Waals surface area contributed by atoms with Gasteiger partial charge in [0.15, 0.2) is 5.75 Å². The zero-order chi connectivity index (χ0) is 14.5. The monoisotopic (exact) mass is 267 g/mol. The van der Waals surface area contributed by atoms with Crippen LogP contribution in [0.15, 0.2) is 18.3 Å². The summed E-state index contributed by atoms with van der Waals surface area (Å²) in [5.41, 5.74) is 4.19. The fourth-order valence-electron chi connectivity index (χ4n) is 1.26. The first kappa shape index (κ1) is 14.9. The van der Waals surface area contributed by atoms with Crippen molar-refractivity contribution < 1.29 is 19.4 Å². The van der Waals surface area contributed by atoms with Gasteiger partial charge >= 0.3 is 6.09 Å². The first-order chi connectivity index (χ1) is 8.78. The molecule has 0 spiro atoms. The van der Waals surface area contributed by atoms with Crippen LogP contribution in [0.2, 0.25) is 0 Å². The van der Waals surface area contributed by atoms with Gasteiger partial charge in [-0.2, -0.15) is 0 Å². The highest BCUT2D eigenvalue weighted by molar-refractivity contribution is 5.92. The molecule has 0 fully saturated rings. The van der Waals surface area contributed by atoms with Crippen LogP contribution in [0.4, 0.5) is 4.79 Å². The summed E-state index contributed by atoms with van der Waals surface area (Å²) < 4.78 is 4.59. The number of rotatable bonds is 5. The van der Waals surface area contributed by atoms with Crippen molar-refractivity contribution in [3.05, 3.63) is 24.0 Å². The van der Waals surface area contributed by atoms with Crippen molar-refractivity contribution in [2.24, 2.45) is 5.73 Å². The van der Waals surface area contributed by atoms with E-state index in [1.165, 1.54) is 18.3 Å². The summed E-state index contributed by atoms with van der Waals surface area (Å²) >= 11 is 0. The maximum absolute atomic E-state index is 11.7. The zero-order valence-corrected chi connectivity index (χ0v) is 10.8. The molecule has 0 bridgehead atoms. The van der Waals surface area contributed by atoms with E-state index in [0.717, 1.165) is 0 Å². The number of nitrogens with two attached hydrogens (primary N) is 1. The number of ether oxygens (including phenoxy) is 1. The van der Waals surface area contributed by atoms with Crippen LogP contribution in [0.1, 0.15) is 30.8 Å². The molecule has 0 saturated heterocycles. The van der Waals surface area contributed by atoms with Crippen LogP contribution < -0.4 is 15.8 Å². The van der Waals surface area contributed by atoms with Crippen molar-refractivity contribution in [2.75, 3.05) is 6.54 Å². The lowest BCUT2D eigenvalue weighted by atomic mass is 10.1. The average Bonchev–Trinajstić information content (AvgIpc) is 2.27. The molecular weight excluding hydrogens is 250 g/mol. The number of hydrogen-bond donors (Lipinski definition) is 3. The van der Waals surface area contributed by atoms with Gasteiger partial charge in [0.1, 0.15) is 5.69 Å². The number of carbonyl (C=O) groups is 2. The maximum atomic E-state index is 11.7. The highest BCUT2D eigenvalue weighted by Gasteiger charge is 2.13. The van der Waals surface area contributed by atoms with Crippen LogP contribution in [-0.4, -0.2) is 34.2 Å². The summed E-state index contributed by atoms with van der Waals surface area (Å²) in [5.74, 6) is -0.199. The minimum Gasteiger partial charge on any atom is -0.409 e. The van der Waals surface area contributed by atoms with E-state index in [2.05, 4.69) is 15.0 Å². The number of pyridine rings is 1. The standard InChI is InChI=1S/C12H17N3O4/c1-12(2,18)5-6-14-10(16)9-4-3-8(7-15-9)19-11(13)17/h3-4,7,18H,5-6H2,1-2H3,(H2,13,17)(H,14,16). The first-order valence-electron chi connectivity index (χ1n) is 5.72. The molecule has 1 heterocycles. The molecule has 0 aliphatic carbocycles. The number of amides is 2. The normalized spacial score (nSPS) is 10.9. The van der Waals surface area contributed by atoms with Crippen LogP contribution in [0.25, 0.3) is 0 Å². The largest absolute Gasteiger partial charge is 0.410 e. The Balaban J connectivity index is 2.51. The maximum Gasteiger partial charge on any atom is 0.410 e. The van der Waals surface area contributed by atoms with Gasteiger partial charge < -0.3 is 20.9 Å². The molecular formula is C12H17N3O4. The second-order valence-electron chi connectivity index (χ2n) is 4.62. The number of hydrogen-bond acceptors (Lipinski definition) is 5. The van der Waals surface area contributed by atoms with E-state index in [4.69, 9.17) is 5.73 Å². The van der Waals surface area contributed by atoms with E-state index in [0.29, 0.717) is 13.0 Å². The summed E-state index contributed by atoms with van der Waals surface area (Å²) in [5, 5.41) is 12.1. The molecule has 1 aromatic heterocycles. The van der Waals surface area contributed by atoms with Gasteiger partial charge in [-0.1, -0.05) is 0 Å². The van der Waals surface area contributed by atoms with Gasteiger partial charge in [0.25, 0.3) is 5.91 Å². The number of carbonyl (C=O) groups excluding carboxylic acids is 2. The lowest BCUT2D eigenvalue weighted by Crippen LogP contribution is -2.31. The fourth-order valence-corrected chi connectivity index (χ4v) is 1.26. The van der Waals surface area contributed by atoms with E-state index in [1.54, 1.807) is 13.8 Å². The molecule has 7 heteroatoms. The molecule has 0 aliphatic heterocycles. The minimum absolute atomic E-state index is 0.167. The lowest BCUT2D eigenvalue weighted by Gasteiger charge is -2.16. The molecule has 4 N–H and O–H groups in total. The van der Waals surface area contributed by atoms with Crippen molar-refractivity contribution >= 4 is 12.0 Å². The summed E-state index contributed by atoms with van der Waals surface area (Å²) in [6.45, 7) is 3.66. The molecule has 7 nitrogen and oxygen atoms in total. The van der Waals surface area contributed by atoms with E-state index in [1.807, 2.05) is 0 Å². The Morgan fingerprint density at radius 2 is 2.16 bits per heavy atom. The third-order valence-corrected chi connectivity index (χ3v) is 2.21. The summed E-state index contributed by atoms with van der Waals surface area (Å²) in [6, 6.07) is 2.83. The molecule has 2 amide bonds. The van der Waals surface area contributed by atoms with Crippen molar-refractivity contribution in [3.63, 3.8) is 0 Å². The topological polar surface area (TPSA) is 115 Å². The Morgan fingerprint density at radius 3 is 2.63 bits per heavy atom. The molecule has 0 saturated carbocycles. The molecule has 104 valence electrons. The quantitative estimate of drug-likeness (QED) is 0.715. The molecule has 1 rings (SSSR count). The second-order valence-corrected chi connectivity index (χ2v) is 4.62. The number of primary amides is 1. The third-order valence-electron chi connectivity index (χ3n) is 2.21. The molecule has 0 aliphatic rings. The zero-order valence-electron chi connectivity index (χ0n) is 10.8. The average molecular weight is 267 g/mol. The highest BCUT2D eigenvalue weighted by atomic mass is 16.5. The van der Waals surface area contributed by atoms with Gasteiger partial charge in [-0.15, -0.1) is 0 Å². The number of aromatic nitrogens is 1. The van der Waals surface area contributed by atoms with Crippen molar-refractivity contribution in [3.8, 4) is 5.75 Å². The molecule has 19 heavy (non-hydrogen) atoms. The van der Waals surface area contributed by atoms with E-state index >= 15 is 0 Å². The van der Waals surface area contributed by atoms with E-state index < -0.39 is 11.7 Å². The van der Waals surface area contributed by atoms with Crippen molar-refractivity contribution in [2.45, 2.75) is 25.9 Å². The minimum atomic E-state index is -0.941. The van der Waals surface area contributed by atoms with Gasteiger partial charge in [0.2, 0.25) is 0 Å². The molecule has 0 radical (unpaired) electrons. The second kappa shape index (κ2) is 6.14. The summed E-state index contributed by atoms with van der Waals surface area (Å²) in [4.78, 5) is 26.0. The summed E-state index contributed by atoms with van der Waals surface area (Å²) in [6.07, 6.45) is 0.723. The van der Waals surface area contributed by atoms with Crippen molar-refractivity contribution in [1.29, 1.82) is 0 Å². The number of aliphatic hydroxyl groups is 1. The van der Waals surface area contributed by atoms with E-state index in [9.17, 15) is 14.7 Å². The Kier molecular flexibility index (Phi) is 4.82. The van der Waals surface area contributed by atoms with Crippen LogP contribution in [0.5, 0.6) is 5.75 Å². The fraction of sp³-hybridized carbons (Fsp3) is 0.417. The van der Waals surface area contributed by atoms with Gasteiger partial charge in [0.05, 0.1) is 11.8 Å². The number of nitrogens with one attached hydrogen (secondary N) is 1. The van der Waals surface area contributed by atoms with Gasteiger partial charge in [-0.3, -0.25) is 4.79 Å². The van der Waals surface area contributed by atoms with Gasteiger partial charge in [0, 0.05) is 6.54 Å². The Bertz CT molecular complexity index is 451. The highest BCUT2D eigenvalue weighted by Crippen LogP contribution is 2.09. The number of nitrogens with zero attached hydrogens (tertiary/aromatic N) is 1. The molecule has 0 aromatic carbocycles. The van der Waals surface area contributed by atoms with Crippen LogP contribution in [-0.2, 0) is 0 Å². The third kappa shape index (κ3) is 5.82. The Morgan fingerprint density at radius 1 is 1.47 bits per heavy atom. The smallest absolute Gasteiger partial charge is 0.409 e. The van der Waals surface area contributed by atoms with Crippen LogP contribution in [0.3, 0.4) is 0 Å². The van der Waals surface area contributed by atoms with Gasteiger partial charge in [-0.05, 0) is 32.4 Å². The Labute approximate surface area is 110 Å². The lowest BCUT2D eigenvalue weighted by molar-refractivity contribution is 0.0692. The Hall–Kier alpha value is -2.15. The summed E-state index contributed by atoms with van der Waals surface area (Å²) in [7, 11) is 0. The van der Waals surface area contributed by atoms with Crippen LogP contribution in [0, 0.1) is 0 Å². The molecule has 1 aromatic rings. The predicted molar refractivity (Wildman–Crippen MR) is 67.7 cm³/mol.